The number of amides is 1. The Bertz CT molecular complexity index is 697. The second-order valence-corrected chi connectivity index (χ2v) is 7.13. The quantitative estimate of drug-likeness (QED) is 0.761. The van der Waals surface area contributed by atoms with Gasteiger partial charge in [-0.25, -0.2) is 8.78 Å². The van der Waals surface area contributed by atoms with E-state index in [-0.39, 0.29) is 12.6 Å². The maximum Gasteiger partial charge on any atom is 0.262 e. The lowest BCUT2D eigenvalue weighted by Crippen LogP contribution is -2.44. The summed E-state index contributed by atoms with van der Waals surface area (Å²) in [5.41, 5.74) is 2.01. The maximum atomic E-state index is 14.0. The zero-order valence-corrected chi connectivity index (χ0v) is 15.4. The molecule has 2 atom stereocenters. The van der Waals surface area contributed by atoms with Gasteiger partial charge in [-0.2, -0.15) is 5.26 Å². The molecule has 0 aromatic heterocycles. The summed E-state index contributed by atoms with van der Waals surface area (Å²) in [7, 11) is 0. The Morgan fingerprint density at radius 3 is 2.67 bits per heavy atom. The largest absolute Gasteiger partial charge is 0.369 e. The van der Waals surface area contributed by atoms with Crippen LogP contribution in [0.1, 0.15) is 24.9 Å². The van der Waals surface area contributed by atoms with Gasteiger partial charge >= 0.3 is 0 Å². The van der Waals surface area contributed by atoms with E-state index < -0.39 is 30.8 Å². The van der Waals surface area contributed by atoms with Gasteiger partial charge in [-0.3, -0.25) is 9.69 Å². The van der Waals surface area contributed by atoms with Crippen LogP contribution in [0, 0.1) is 11.3 Å². The first kappa shape index (κ1) is 19.5. The minimum atomic E-state index is -2.91. The number of rotatable bonds is 5. The normalized spacial score (nSPS) is 23.6. The molecule has 0 unspecified atom stereocenters. The molecule has 8 heteroatoms. The average molecular weight is 377 g/mol. The molecule has 0 saturated carbocycles. The van der Waals surface area contributed by atoms with Crippen molar-refractivity contribution in [1.82, 2.24) is 15.5 Å². The predicted octanol–water partition coefficient (Wildman–Crippen LogP) is 1.51. The van der Waals surface area contributed by atoms with E-state index in [1.165, 1.54) is 4.90 Å². The van der Waals surface area contributed by atoms with Crippen LogP contribution < -0.4 is 15.5 Å². The van der Waals surface area contributed by atoms with Gasteiger partial charge in [0, 0.05) is 44.3 Å². The molecule has 146 valence electrons. The van der Waals surface area contributed by atoms with Crippen LogP contribution in [0.3, 0.4) is 0 Å². The van der Waals surface area contributed by atoms with Gasteiger partial charge < -0.3 is 15.5 Å². The lowest BCUT2D eigenvalue weighted by Gasteiger charge is -2.31. The molecule has 1 amide bonds. The molecule has 1 aromatic rings. The highest BCUT2D eigenvalue weighted by atomic mass is 19.3. The first-order valence-electron chi connectivity index (χ1n) is 9.25. The predicted molar refractivity (Wildman–Crippen MR) is 98.6 cm³/mol. The van der Waals surface area contributed by atoms with Crippen molar-refractivity contribution in [2.45, 2.75) is 31.4 Å². The molecular formula is C19H25F2N5O. The minimum Gasteiger partial charge on any atom is -0.369 e. The third-order valence-corrected chi connectivity index (χ3v) is 5.31. The number of nitriles is 1. The lowest BCUT2D eigenvalue weighted by atomic mass is 10.0. The fourth-order valence-corrected chi connectivity index (χ4v) is 3.81. The number of nitrogens with one attached hydrogen (secondary N) is 2. The molecule has 2 fully saturated rings. The number of benzene rings is 1. The van der Waals surface area contributed by atoms with E-state index in [0.717, 1.165) is 37.4 Å². The summed E-state index contributed by atoms with van der Waals surface area (Å²) in [4.78, 5) is 16.1. The van der Waals surface area contributed by atoms with Gasteiger partial charge in [0.05, 0.1) is 18.7 Å². The van der Waals surface area contributed by atoms with Crippen molar-refractivity contribution >= 4 is 11.6 Å². The summed E-state index contributed by atoms with van der Waals surface area (Å²) in [5, 5.41) is 14.3. The van der Waals surface area contributed by atoms with Gasteiger partial charge in [-0.15, -0.1) is 0 Å². The topological polar surface area (TPSA) is 71.4 Å². The monoisotopic (exact) mass is 377 g/mol. The fraction of sp³-hybridized carbons (Fsp3) is 0.579. The van der Waals surface area contributed by atoms with Gasteiger partial charge in [0.15, 0.2) is 0 Å². The Morgan fingerprint density at radius 2 is 2.04 bits per heavy atom. The summed E-state index contributed by atoms with van der Waals surface area (Å²) in [6.07, 6.45) is -0.520. The van der Waals surface area contributed by atoms with Crippen LogP contribution in [0.2, 0.25) is 0 Å². The lowest BCUT2D eigenvalue weighted by molar-refractivity contribution is -0.126. The number of halogens is 2. The Kier molecular flexibility index (Phi) is 5.92. The Balaban J connectivity index is 1.73. The Hall–Kier alpha value is -2.24. The summed E-state index contributed by atoms with van der Waals surface area (Å²) < 4.78 is 28.0. The maximum absolute atomic E-state index is 14.0. The van der Waals surface area contributed by atoms with Crippen molar-refractivity contribution in [3.8, 4) is 6.07 Å². The summed E-state index contributed by atoms with van der Waals surface area (Å²) in [6.45, 7) is 4.97. The third-order valence-electron chi connectivity index (χ3n) is 5.31. The molecule has 0 aliphatic carbocycles. The highest BCUT2D eigenvalue weighted by Gasteiger charge is 2.49. The molecule has 2 aliphatic rings. The van der Waals surface area contributed by atoms with Gasteiger partial charge in [0.1, 0.15) is 6.54 Å². The number of alkyl halides is 2. The van der Waals surface area contributed by atoms with Gasteiger partial charge in [0.2, 0.25) is 5.91 Å². The molecule has 0 bridgehead atoms. The van der Waals surface area contributed by atoms with Crippen LogP contribution in [-0.2, 0) is 4.79 Å². The first-order chi connectivity index (χ1) is 12.9. The number of hydrogen-bond acceptors (Lipinski definition) is 5. The van der Waals surface area contributed by atoms with Gasteiger partial charge in [-0.05, 0) is 24.6 Å². The van der Waals surface area contributed by atoms with E-state index in [4.69, 9.17) is 5.26 Å². The van der Waals surface area contributed by atoms with Crippen molar-refractivity contribution in [2.75, 3.05) is 44.2 Å². The fourth-order valence-electron chi connectivity index (χ4n) is 3.81. The molecular weight excluding hydrogens is 352 g/mol. The smallest absolute Gasteiger partial charge is 0.262 e. The van der Waals surface area contributed by atoms with Crippen LogP contribution in [0.4, 0.5) is 14.5 Å². The molecule has 0 radical (unpaired) electrons. The molecule has 2 N–H and O–H groups in total. The summed E-state index contributed by atoms with van der Waals surface area (Å²) in [6, 6.07) is 8.46. The third kappa shape index (κ3) is 4.54. The number of piperazine rings is 1. The second-order valence-electron chi connectivity index (χ2n) is 7.13. The van der Waals surface area contributed by atoms with E-state index in [2.05, 4.69) is 15.5 Å². The number of likely N-dealkylation sites (tertiary alicyclic amines) is 1. The number of carbonyl (C=O) groups excluding carboxylic acids is 1. The Labute approximate surface area is 158 Å². The zero-order valence-electron chi connectivity index (χ0n) is 15.4. The molecule has 3 rings (SSSR count). The van der Waals surface area contributed by atoms with Crippen LogP contribution in [0.25, 0.3) is 0 Å². The molecule has 2 aliphatic heterocycles. The van der Waals surface area contributed by atoms with Crippen molar-refractivity contribution in [3.05, 3.63) is 29.8 Å². The van der Waals surface area contributed by atoms with E-state index in [1.54, 1.807) is 0 Å². The number of nitrogens with zero attached hydrogens (tertiary/aromatic N) is 3. The van der Waals surface area contributed by atoms with Gasteiger partial charge in [-0.1, -0.05) is 12.1 Å². The Morgan fingerprint density at radius 1 is 1.37 bits per heavy atom. The average Bonchev–Trinajstić information content (AvgIpc) is 3.02. The highest BCUT2D eigenvalue weighted by Crippen LogP contribution is 2.38. The van der Waals surface area contributed by atoms with E-state index >= 15 is 0 Å². The molecule has 6 nitrogen and oxygen atoms in total. The van der Waals surface area contributed by atoms with E-state index in [0.29, 0.717) is 0 Å². The standard InChI is InChI=1S/C19H25F2N5O/c1-14(15-2-4-16(5-3-15)25-10-8-23-9-11-25)26-13-19(20,21)12-17(26)18(27)24-7-6-22/h2-5,14,17,23H,7-13H2,1H3,(H,24,27)/t14-,17-/m0/s1. The first-order valence-corrected chi connectivity index (χ1v) is 9.25. The minimum absolute atomic E-state index is 0.178. The van der Waals surface area contributed by atoms with Crippen LogP contribution >= 0.6 is 0 Å². The van der Waals surface area contributed by atoms with Crippen molar-refractivity contribution in [3.63, 3.8) is 0 Å². The molecule has 2 saturated heterocycles. The van der Waals surface area contributed by atoms with Crippen LogP contribution in [-0.4, -0.2) is 62.0 Å². The highest BCUT2D eigenvalue weighted by molar-refractivity contribution is 5.82. The van der Waals surface area contributed by atoms with E-state index in [1.807, 2.05) is 37.3 Å². The van der Waals surface area contributed by atoms with Crippen molar-refractivity contribution in [1.29, 1.82) is 5.26 Å². The zero-order chi connectivity index (χ0) is 19.4. The molecule has 0 spiro atoms. The molecule has 2 heterocycles. The van der Waals surface area contributed by atoms with Crippen molar-refractivity contribution < 1.29 is 13.6 Å². The number of anilines is 1. The summed E-state index contributed by atoms with van der Waals surface area (Å²) >= 11 is 0. The van der Waals surface area contributed by atoms with Crippen LogP contribution in [0.5, 0.6) is 0 Å². The number of hydrogen-bond donors (Lipinski definition) is 2. The molecule has 1 aromatic carbocycles. The van der Waals surface area contributed by atoms with E-state index in [9.17, 15) is 13.6 Å². The van der Waals surface area contributed by atoms with Crippen LogP contribution in [0.15, 0.2) is 24.3 Å². The number of carbonyl (C=O) groups is 1. The SMILES string of the molecule is C[C@@H](c1ccc(N2CCNCC2)cc1)N1CC(F)(F)C[C@H]1C(=O)NCC#N. The van der Waals surface area contributed by atoms with Gasteiger partial charge in [0.25, 0.3) is 5.92 Å². The molecule has 27 heavy (non-hydrogen) atoms. The van der Waals surface area contributed by atoms with Crippen molar-refractivity contribution in [2.24, 2.45) is 0 Å². The second kappa shape index (κ2) is 8.19. The summed E-state index contributed by atoms with van der Waals surface area (Å²) in [5.74, 6) is -3.43.